The standard InChI is InChI=1S/C11H17NO/c1-2-9(8-13)7-10-5-3-4-6-11(10)12/h3-6,9,13H,2,7-8,12H2,1H3. The van der Waals surface area contributed by atoms with E-state index in [0.717, 1.165) is 24.1 Å². The molecule has 0 saturated heterocycles. The van der Waals surface area contributed by atoms with Crippen LogP contribution in [0.1, 0.15) is 18.9 Å². The van der Waals surface area contributed by atoms with Gasteiger partial charge in [0.25, 0.3) is 0 Å². The van der Waals surface area contributed by atoms with Gasteiger partial charge in [0.1, 0.15) is 0 Å². The number of hydrogen-bond acceptors (Lipinski definition) is 2. The van der Waals surface area contributed by atoms with Crippen LogP contribution in [0.5, 0.6) is 0 Å². The quantitative estimate of drug-likeness (QED) is 0.693. The third kappa shape index (κ3) is 2.74. The van der Waals surface area contributed by atoms with Crippen molar-refractivity contribution in [3.63, 3.8) is 0 Å². The summed E-state index contributed by atoms with van der Waals surface area (Å²) >= 11 is 0. The molecule has 0 aliphatic heterocycles. The summed E-state index contributed by atoms with van der Waals surface area (Å²) in [7, 11) is 0. The molecule has 0 spiro atoms. The maximum atomic E-state index is 9.04. The molecule has 2 heteroatoms. The summed E-state index contributed by atoms with van der Waals surface area (Å²) in [5.74, 6) is 0.338. The Morgan fingerprint density at radius 3 is 2.62 bits per heavy atom. The van der Waals surface area contributed by atoms with Gasteiger partial charge in [-0.25, -0.2) is 0 Å². The number of anilines is 1. The zero-order chi connectivity index (χ0) is 9.68. The van der Waals surface area contributed by atoms with Crippen LogP contribution in [0.2, 0.25) is 0 Å². The number of nitrogen functional groups attached to an aromatic ring is 1. The van der Waals surface area contributed by atoms with Gasteiger partial charge in [0.15, 0.2) is 0 Å². The molecule has 1 unspecified atom stereocenters. The van der Waals surface area contributed by atoms with Crippen LogP contribution in [0.3, 0.4) is 0 Å². The van der Waals surface area contributed by atoms with Gasteiger partial charge in [-0.1, -0.05) is 31.5 Å². The van der Waals surface area contributed by atoms with Crippen molar-refractivity contribution in [2.45, 2.75) is 19.8 Å². The fourth-order valence-electron chi connectivity index (χ4n) is 1.37. The van der Waals surface area contributed by atoms with E-state index in [9.17, 15) is 0 Å². The summed E-state index contributed by atoms with van der Waals surface area (Å²) in [5.41, 5.74) is 7.77. The van der Waals surface area contributed by atoms with Gasteiger partial charge in [-0.3, -0.25) is 0 Å². The second-order valence-electron chi connectivity index (χ2n) is 3.36. The molecule has 0 aromatic heterocycles. The minimum atomic E-state index is 0.241. The van der Waals surface area contributed by atoms with E-state index in [1.165, 1.54) is 0 Å². The van der Waals surface area contributed by atoms with Crippen molar-refractivity contribution in [3.05, 3.63) is 29.8 Å². The van der Waals surface area contributed by atoms with Crippen LogP contribution in [0.25, 0.3) is 0 Å². The molecule has 0 amide bonds. The topological polar surface area (TPSA) is 46.2 Å². The molecule has 0 bridgehead atoms. The lowest BCUT2D eigenvalue weighted by Gasteiger charge is -2.12. The second kappa shape index (κ2) is 4.87. The van der Waals surface area contributed by atoms with Gasteiger partial charge in [-0.15, -0.1) is 0 Å². The Bertz CT molecular complexity index is 256. The lowest BCUT2D eigenvalue weighted by molar-refractivity contribution is 0.222. The van der Waals surface area contributed by atoms with Gasteiger partial charge in [-0.2, -0.15) is 0 Å². The molecule has 0 saturated carbocycles. The van der Waals surface area contributed by atoms with Gasteiger partial charge in [0.05, 0.1) is 0 Å². The molecule has 13 heavy (non-hydrogen) atoms. The Morgan fingerprint density at radius 2 is 2.08 bits per heavy atom. The highest BCUT2D eigenvalue weighted by Gasteiger charge is 2.07. The number of aliphatic hydroxyl groups excluding tert-OH is 1. The van der Waals surface area contributed by atoms with Crippen LogP contribution >= 0.6 is 0 Å². The van der Waals surface area contributed by atoms with Crippen molar-refractivity contribution >= 4 is 5.69 Å². The highest BCUT2D eigenvalue weighted by atomic mass is 16.3. The van der Waals surface area contributed by atoms with Gasteiger partial charge < -0.3 is 10.8 Å². The third-order valence-corrected chi connectivity index (χ3v) is 2.40. The first-order valence-electron chi connectivity index (χ1n) is 4.72. The van der Waals surface area contributed by atoms with E-state index in [2.05, 4.69) is 6.92 Å². The predicted molar refractivity (Wildman–Crippen MR) is 55.4 cm³/mol. The Kier molecular flexibility index (Phi) is 3.77. The first-order valence-corrected chi connectivity index (χ1v) is 4.72. The first-order chi connectivity index (χ1) is 6.27. The van der Waals surface area contributed by atoms with E-state index in [1.54, 1.807) is 0 Å². The van der Waals surface area contributed by atoms with Gasteiger partial charge in [0, 0.05) is 12.3 Å². The number of rotatable bonds is 4. The summed E-state index contributed by atoms with van der Waals surface area (Å²) < 4.78 is 0. The Morgan fingerprint density at radius 1 is 1.38 bits per heavy atom. The fourth-order valence-corrected chi connectivity index (χ4v) is 1.37. The monoisotopic (exact) mass is 179 g/mol. The molecule has 1 aromatic rings. The van der Waals surface area contributed by atoms with Crippen LogP contribution in [0.4, 0.5) is 5.69 Å². The minimum Gasteiger partial charge on any atom is -0.399 e. The van der Waals surface area contributed by atoms with Crippen molar-refractivity contribution in [1.82, 2.24) is 0 Å². The van der Waals surface area contributed by atoms with Crippen LogP contribution in [-0.2, 0) is 6.42 Å². The van der Waals surface area contributed by atoms with E-state index in [0.29, 0.717) is 5.92 Å². The molecule has 1 rings (SSSR count). The van der Waals surface area contributed by atoms with E-state index in [-0.39, 0.29) is 6.61 Å². The normalized spacial score (nSPS) is 12.8. The van der Waals surface area contributed by atoms with Crippen molar-refractivity contribution in [3.8, 4) is 0 Å². The maximum Gasteiger partial charge on any atom is 0.0462 e. The zero-order valence-electron chi connectivity index (χ0n) is 8.03. The SMILES string of the molecule is CCC(CO)Cc1ccccc1N. The van der Waals surface area contributed by atoms with Gasteiger partial charge in [0.2, 0.25) is 0 Å². The summed E-state index contributed by atoms with van der Waals surface area (Å²) in [4.78, 5) is 0. The number of aliphatic hydroxyl groups is 1. The van der Waals surface area contributed by atoms with Crippen LogP contribution in [-0.4, -0.2) is 11.7 Å². The third-order valence-electron chi connectivity index (χ3n) is 2.40. The molecule has 3 N–H and O–H groups in total. The van der Waals surface area contributed by atoms with Crippen molar-refractivity contribution < 1.29 is 5.11 Å². The predicted octanol–water partition coefficient (Wildman–Crippen LogP) is 1.83. The number of hydrogen-bond donors (Lipinski definition) is 2. The number of benzene rings is 1. The minimum absolute atomic E-state index is 0.241. The zero-order valence-corrected chi connectivity index (χ0v) is 8.03. The lowest BCUT2D eigenvalue weighted by Crippen LogP contribution is -2.09. The number of nitrogens with two attached hydrogens (primary N) is 1. The van der Waals surface area contributed by atoms with Crippen molar-refractivity contribution in [2.24, 2.45) is 5.92 Å². The van der Waals surface area contributed by atoms with E-state index < -0.39 is 0 Å². The fraction of sp³-hybridized carbons (Fsp3) is 0.455. The van der Waals surface area contributed by atoms with Crippen LogP contribution in [0, 0.1) is 5.92 Å². The van der Waals surface area contributed by atoms with E-state index >= 15 is 0 Å². The molecule has 0 radical (unpaired) electrons. The highest BCUT2D eigenvalue weighted by Crippen LogP contribution is 2.17. The van der Waals surface area contributed by atoms with Gasteiger partial charge >= 0.3 is 0 Å². The second-order valence-corrected chi connectivity index (χ2v) is 3.36. The van der Waals surface area contributed by atoms with Crippen molar-refractivity contribution in [1.29, 1.82) is 0 Å². The molecule has 0 heterocycles. The molecular formula is C11H17NO. The van der Waals surface area contributed by atoms with E-state index in [4.69, 9.17) is 10.8 Å². The average molecular weight is 179 g/mol. The average Bonchev–Trinajstić information content (AvgIpc) is 2.17. The largest absolute Gasteiger partial charge is 0.399 e. The molecule has 0 aliphatic rings. The number of para-hydroxylation sites is 1. The molecule has 0 aliphatic carbocycles. The summed E-state index contributed by atoms with van der Waals surface area (Å²) in [6.07, 6.45) is 1.87. The molecule has 0 fully saturated rings. The lowest BCUT2D eigenvalue weighted by atomic mass is 9.97. The smallest absolute Gasteiger partial charge is 0.0462 e. The Balaban J connectivity index is 2.67. The van der Waals surface area contributed by atoms with Crippen molar-refractivity contribution in [2.75, 3.05) is 12.3 Å². The molecule has 1 atom stereocenters. The Labute approximate surface area is 79.4 Å². The molecular weight excluding hydrogens is 162 g/mol. The maximum absolute atomic E-state index is 9.04. The van der Waals surface area contributed by atoms with Crippen LogP contribution < -0.4 is 5.73 Å². The van der Waals surface area contributed by atoms with Crippen LogP contribution in [0.15, 0.2) is 24.3 Å². The Hall–Kier alpha value is -1.02. The molecule has 1 aromatic carbocycles. The van der Waals surface area contributed by atoms with Gasteiger partial charge in [-0.05, 0) is 24.0 Å². The first kappa shape index (κ1) is 10.1. The van der Waals surface area contributed by atoms with E-state index in [1.807, 2.05) is 24.3 Å². The molecule has 2 nitrogen and oxygen atoms in total. The summed E-state index contributed by atoms with van der Waals surface area (Å²) in [5, 5.41) is 9.04. The summed E-state index contributed by atoms with van der Waals surface area (Å²) in [6.45, 7) is 2.32. The molecule has 72 valence electrons. The highest BCUT2D eigenvalue weighted by molar-refractivity contribution is 5.46. The summed E-state index contributed by atoms with van der Waals surface area (Å²) in [6, 6.07) is 7.83.